The van der Waals surface area contributed by atoms with Gasteiger partial charge in [0, 0.05) is 22.7 Å². The van der Waals surface area contributed by atoms with Crippen LogP contribution in [-0.4, -0.2) is 53.0 Å². The molecule has 3 rings (SSSR count). The third kappa shape index (κ3) is 2.96. The number of thioether (sulfide) groups is 1. The van der Waals surface area contributed by atoms with Crippen LogP contribution in [0, 0.1) is 0 Å². The first-order valence-corrected chi connectivity index (χ1v) is 10.1. The van der Waals surface area contributed by atoms with Gasteiger partial charge in [0.15, 0.2) is 4.32 Å². The Bertz CT molecular complexity index is 736. The van der Waals surface area contributed by atoms with E-state index in [1.54, 1.807) is 45.3 Å². The van der Waals surface area contributed by atoms with Gasteiger partial charge in [-0.3, -0.25) is 9.78 Å². The van der Waals surface area contributed by atoms with Crippen molar-refractivity contribution in [1.82, 2.24) is 9.88 Å². The van der Waals surface area contributed by atoms with Crippen LogP contribution in [0.4, 0.5) is 0 Å². The topological polar surface area (TPSA) is 79.7 Å². The highest BCUT2D eigenvalue weighted by Gasteiger charge is 2.73. The molecule has 0 bridgehead atoms. The second-order valence-corrected chi connectivity index (χ2v) is 11.2. The zero-order chi connectivity index (χ0) is 19.5. The average molecular weight is 443 g/mol. The van der Waals surface area contributed by atoms with Gasteiger partial charge in [-0.1, -0.05) is 22.0 Å². The van der Waals surface area contributed by atoms with Crippen molar-refractivity contribution in [3.63, 3.8) is 0 Å². The fourth-order valence-corrected chi connectivity index (χ4v) is 6.03. The van der Waals surface area contributed by atoms with Gasteiger partial charge >= 0.3 is 5.97 Å². The van der Waals surface area contributed by atoms with Gasteiger partial charge in [0.1, 0.15) is 23.1 Å². The van der Waals surface area contributed by atoms with Crippen LogP contribution in [0.2, 0.25) is 0 Å². The molecule has 2 saturated heterocycles. The number of aliphatic hydroxyl groups is 1. The zero-order valence-electron chi connectivity index (χ0n) is 15.4. The number of ether oxygens (including phenoxy) is 1. The summed E-state index contributed by atoms with van der Waals surface area (Å²) in [6.07, 6.45) is 2.09. The van der Waals surface area contributed by atoms with Crippen LogP contribution in [0.5, 0.6) is 0 Å². The van der Waals surface area contributed by atoms with Gasteiger partial charge < -0.3 is 14.7 Å². The molecule has 2 aliphatic rings. The van der Waals surface area contributed by atoms with Crippen LogP contribution in [0.25, 0.3) is 0 Å². The molecule has 1 unspecified atom stereocenters. The average Bonchev–Trinajstić information content (AvgIpc) is 2.82. The smallest absolute Gasteiger partial charge is 0.330 e. The number of hydrogen-bond donors (Lipinski definition) is 1. The van der Waals surface area contributed by atoms with Crippen molar-refractivity contribution in [1.29, 1.82) is 0 Å². The van der Waals surface area contributed by atoms with Gasteiger partial charge in [0.25, 0.3) is 0 Å². The van der Waals surface area contributed by atoms with Crippen molar-refractivity contribution in [2.24, 2.45) is 0 Å². The summed E-state index contributed by atoms with van der Waals surface area (Å²) in [7, 11) is 0. The number of aliphatic hydroxyl groups excluding tert-OH is 1. The molecule has 0 aromatic carbocycles. The Kier molecular flexibility index (Phi) is 4.69. The van der Waals surface area contributed by atoms with Gasteiger partial charge in [-0.25, -0.2) is 4.79 Å². The molecular weight excluding hydrogens is 420 g/mol. The number of fused-ring (bicyclic) bond motifs is 1. The largest absolute Gasteiger partial charge is 0.458 e. The second kappa shape index (κ2) is 6.21. The number of carbonyl (C=O) groups excluding carboxylic acids is 2. The van der Waals surface area contributed by atoms with E-state index in [-0.39, 0.29) is 11.3 Å². The van der Waals surface area contributed by atoms with Crippen LogP contribution in [0.1, 0.15) is 46.3 Å². The number of hydrogen-bond acceptors (Lipinski definition) is 6. The van der Waals surface area contributed by atoms with E-state index in [9.17, 15) is 14.7 Å². The molecule has 1 amide bonds. The molecular formula is C18H23BrN2O4S. The summed E-state index contributed by atoms with van der Waals surface area (Å²) in [6.45, 7) is 9.24. The molecule has 0 radical (unpaired) electrons. The monoisotopic (exact) mass is 442 g/mol. The maximum Gasteiger partial charge on any atom is 0.330 e. The Balaban J connectivity index is 1.90. The second-order valence-electron chi connectivity index (χ2n) is 8.18. The van der Waals surface area contributed by atoms with Crippen molar-refractivity contribution < 1.29 is 19.4 Å². The molecule has 142 valence electrons. The van der Waals surface area contributed by atoms with Crippen molar-refractivity contribution in [3.8, 4) is 0 Å². The van der Waals surface area contributed by atoms with Crippen LogP contribution in [-0.2, 0) is 14.3 Å². The summed E-state index contributed by atoms with van der Waals surface area (Å²) in [4.78, 5) is 31.3. The minimum atomic E-state index is -1.19. The van der Waals surface area contributed by atoms with Crippen molar-refractivity contribution >= 4 is 39.6 Å². The SMILES string of the molecule is CC(C)(C)OC(=O)[C@@H]1N2C(=O)[C@](Br)(C(O)c3cccnc3)[C@H]2SC1(C)C. The Morgan fingerprint density at radius 3 is 2.65 bits per heavy atom. The molecule has 0 aliphatic carbocycles. The summed E-state index contributed by atoms with van der Waals surface area (Å²) in [5, 5.41) is 10.5. The number of β-lactam (4-membered cyclic amide) rings is 1. The molecule has 26 heavy (non-hydrogen) atoms. The first kappa shape index (κ1) is 19.6. The number of carbonyl (C=O) groups is 2. The number of alkyl halides is 1. The Hall–Kier alpha value is -1.12. The summed E-state index contributed by atoms with van der Waals surface area (Å²) in [5.74, 6) is -0.732. The third-order valence-corrected chi connectivity index (χ3v) is 7.72. The van der Waals surface area contributed by atoms with Crippen LogP contribution < -0.4 is 0 Å². The molecule has 3 heterocycles. The predicted octanol–water partition coefficient (Wildman–Crippen LogP) is 2.65. The van der Waals surface area contributed by atoms with Crippen LogP contribution >= 0.6 is 27.7 Å². The summed E-state index contributed by atoms with van der Waals surface area (Å²) in [5.41, 5.74) is -0.0821. The highest BCUT2D eigenvalue weighted by molar-refractivity contribution is 9.10. The number of nitrogens with zero attached hydrogens (tertiary/aromatic N) is 2. The lowest BCUT2D eigenvalue weighted by molar-refractivity contribution is -0.174. The Labute approximate surface area is 165 Å². The third-order valence-electron chi connectivity index (χ3n) is 4.55. The first-order valence-electron chi connectivity index (χ1n) is 8.40. The van der Waals surface area contributed by atoms with Crippen LogP contribution in [0.15, 0.2) is 24.5 Å². The standard InChI is InChI=1S/C18H23BrN2O4S/c1-16(2,3)25-13(23)11-17(4,5)26-15-18(19,14(24)21(11)15)12(22)10-7-6-8-20-9-10/h6-9,11-12,15,22H,1-5H3/t11-,12?,15+,18+/m0/s1. The zero-order valence-corrected chi connectivity index (χ0v) is 17.8. The lowest BCUT2D eigenvalue weighted by atomic mass is 9.85. The van der Waals surface area contributed by atoms with E-state index in [1.807, 2.05) is 13.8 Å². The molecule has 1 aromatic heterocycles. The van der Waals surface area contributed by atoms with Gasteiger partial charge in [-0.15, -0.1) is 11.8 Å². The van der Waals surface area contributed by atoms with Gasteiger partial charge in [-0.05, 0) is 40.7 Å². The first-order chi connectivity index (χ1) is 11.9. The number of amides is 1. The normalized spacial score (nSPS) is 31.2. The molecule has 2 aliphatic heterocycles. The van der Waals surface area contributed by atoms with Crippen molar-refractivity contribution in [2.75, 3.05) is 0 Å². The van der Waals surface area contributed by atoms with Gasteiger partial charge in [0.2, 0.25) is 5.91 Å². The fraction of sp³-hybridized carbons (Fsp3) is 0.611. The molecule has 6 nitrogen and oxygen atoms in total. The predicted molar refractivity (Wildman–Crippen MR) is 103 cm³/mol. The summed E-state index contributed by atoms with van der Waals surface area (Å²) < 4.78 is 3.82. The minimum Gasteiger partial charge on any atom is -0.458 e. The van der Waals surface area contributed by atoms with E-state index >= 15 is 0 Å². The van der Waals surface area contributed by atoms with E-state index in [0.717, 1.165) is 0 Å². The summed E-state index contributed by atoms with van der Waals surface area (Å²) >= 11 is 4.98. The molecule has 4 atom stereocenters. The molecule has 0 spiro atoms. The van der Waals surface area contributed by atoms with Gasteiger partial charge in [0.05, 0.1) is 0 Å². The summed E-state index contributed by atoms with van der Waals surface area (Å²) in [6, 6.07) is 2.74. The van der Waals surface area contributed by atoms with E-state index < -0.39 is 32.8 Å². The Morgan fingerprint density at radius 2 is 2.12 bits per heavy atom. The quantitative estimate of drug-likeness (QED) is 0.440. The van der Waals surface area contributed by atoms with Crippen molar-refractivity contribution in [3.05, 3.63) is 30.1 Å². The maximum absolute atomic E-state index is 13.0. The molecule has 2 fully saturated rings. The molecule has 1 aromatic rings. The van der Waals surface area contributed by atoms with E-state index in [2.05, 4.69) is 20.9 Å². The molecule has 8 heteroatoms. The van der Waals surface area contributed by atoms with E-state index in [4.69, 9.17) is 4.74 Å². The number of pyridine rings is 1. The van der Waals surface area contributed by atoms with Crippen LogP contribution in [0.3, 0.4) is 0 Å². The van der Waals surface area contributed by atoms with E-state index in [1.165, 1.54) is 16.7 Å². The molecule has 1 N–H and O–H groups in total. The lowest BCUT2D eigenvalue weighted by Gasteiger charge is -2.52. The number of aromatic nitrogens is 1. The Morgan fingerprint density at radius 1 is 1.46 bits per heavy atom. The number of rotatable bonds is 3. The fourth-order valence-electron chi connectivity index (χ4n) is 3.42. The maximum atomic E-state index is 13.0. The number of halogens is 1. The molecule has 0 saturated carbocycles. The van der Waals surface area contributed by atoms with Gasteiger partial charge in [-0.2, -0.15) is 0 Å². The van der Waals surface area contributed by atoms with E-state index in [0.29, 0.717) is 5.56 Å². The lowest BCUT2D eigenvalue weighted by Crippen LogP contribution is -2.72. The minimum absolute atomic E-state index is 0.312. The number of esters is 1. The highest BCUT2D eigenvalue weighted by Crippen LogP contribution is 2.61. The highest BCUT2D eigenvalue weighted by atomic mass is 79.9. The van der Waals surface area contributed by atoms with Crippen molar-refractivity contribution in [2.45, 2.75) is 66.8 Å².